The minimum absolute atomic E-state index is 0.754. The lowest BCUT2D eigenvalue weighted by molar-refractivity contribution is -0.131. The summed E-state index contributed by atoms with van der Waals surface area (Å²) in [5.74, 6) is 4.23. The van der Waals surface area contributed by atoms with Crippen LogP contribution >= 0.6 is 15.9 Å². The summed E-state index contributed by atoms with van der Waals surface area (Å²) in [6, 6.07) is 5.28. The van der Waals surface area contributed by atoms with Crippen LogP contribution in [0.4, 0.5) is 5.69 Å². The van der Waals surface area contributed by atoms with Crippen molar-refractivity contribution >= 4 is 33.7 Å². The van der Waals surface area contributed by atoms with E-state index < -0.39 is 5.97 Å². The maximum atomic E-state index is 10.3. The molecule has 0 atom stereocenters. The fourth-order valence-electron chi connectivity index (χ4n) is 0.913. The van der Waals surface area contributed by atoms with Gasteiger partial charge in [0.2, 0.25) is 0 Å². The quantitative estimate of drug-likeness (QED) is 0.438. The molecule has 1 aromatic carbocycles. The molecule has 4 nitrogen and oxygen atoms in total. The third-order valence-corrected chi connectivity index (χ3v) is 2.26. The Morgan fingerprint density at radius 1 is 1.57 bits per heavy atom. The van der Waals surface area contributed by atoms with Gasteiger partial charge in [-0.05, 0) is 23.8 Å². The minimum atomic E-state index is -0.974. The van der Waals surface area contributed by atoms with Gasteiger partial charge in [-0.15, -0.1) is 0 Å². The molecule has 5 heteroatoms. The normalized spacial score (nSPS) is 10.4. The molecule has 0 aliphatic rings. The van der Waals surface area contributed by atoms with Crippen LogP contribution in [0.2, 0.25) is 0 Å². The van der Waals surface area contributed by atoms with Crippen molar-refractivity contribution in [2.24, 2.45) is 5.84 Å². The number of nitrogen functional groups attached to an aromatic ring is 1. The monoisotopic (exact) mass is 256 g/mol. The minimum Gasteiger partial charge on any atom is -0.478 e. The number of nitrogens with one attached hydrogen (secondary N) is 1. The molecule has 0 saturated carbocycles. The molecule has 0 spiro atoms. The van der Waals surface area contributed by atoms with Crippen molar-refractivity contribution in [2.75, 3.05) is 5.43 Å². The van der Waals surface area contributed by atoms with E-state index >= 15 is 0 Å². The van der Waals surface area contributed by atoms with E-state index in [0.29, 0.717) is 0 Å². The highest BCUT2D eigenvalue weighted by Gasteiger charge is 1.98. The maximum absolute atomic E-state index is 10.3. The van der Waals surface area contributed by atoms with Gasteiger partial charge in [0.1, 0.15) is 0 Å². The Kier molecular flexibility index (Phi) is 3.67. The first-order valence-corrected chi connectivity index (χ1v) is 4.60. The largest absolute Gasteiger partial charge is 0.478 e. The molecular weight excluding hydrogens is 248 g/mol. The van der Waals surface area contributed by atoms with Crippen LogP contribution in [-0.2, 0) is 4.79 Å². The van der Waals surface area contributed by atoms with Gasteiger partial charge in [0.25, 0.3) is 0 Å². The van der Waals surface area contributed by atoms with Crippen molar-refractivity contribution in [1.82, 2.24) is 0 Å². The van der Waals surface area contributed by atoms with Gasteiger partial charge < -0.3 is 10.5 Å². The van der Waals surface area contributed by atoms with E-state index in [9.17, 15) is 4.79 Å². The number of benzene rings is 1. The highest BCUT2D eigenvalue weighted by molar-refractivity contribution is 9.10. The number of carbonyl (C=O) groups is 1. The number of hydrazine groups is 1. The van der Waals surface area contributed by atoms with E-state index in [1.54, 1.807) is 18.2 Å². The van der Waals surface area contributed by atoms with Crippen molar-refractivity contribution in [3.8, 4) is 0 Å². The van der Waals surface area contributed by atoms with Gasteiger partial charge in [0.15, 0.2) is 0 Å². The third-order valence-electron chi connectivity index (χ3n) is 1.57. The first kappa shape index (κ1) is 10.7. The lowest BCUT2D eigenvalue weighted by Gasteiger charge is -2.02. The highest BCUT2D eigenvalue weighted by Crippen LogP contribution is 2.22. The van der Waals surface area contributed by atoms with E-state index in [0.717, 1.165) is 21.8 Å². The lowest BCUT2D eigenvalue weighted by atomic mass is 10.2. The van der Waals surface area contributed by atoms with Gasteiger partial charge in [0, 0.05) is 16.2 Å². The SMILES string of the molecule is NNc1ccc(/C=C/C(=O)O)c(Br)c1. The summed E-state index contributed by atoms with van der Waals surface area (Å²) in [6.45, 7) is 0. The lowest BCUT2D eigenvalue weighted by Crippen LogP contribution is -2.06. The summed E-state index contributed by atoms with van der Waals surface area (Å²) in [6.07, 6.45) is 2.59. The van der Waals surface area contributed by atoms with E-state index in [4.69, 9.17) is 10.9 Å². The standard InChI is InChI=1S/C9H9BrN2O2/c10-8-5-7(12-11)3-1-6(8)2-4-9(13)14/h1-5,12H,11H2,(H,13,14)/b4-2+. The van der Waals surface area contributed by atoms with Crippen LogP contribution in [0.15, 0.2) is 28.7 Å². The predicted octanol–water partition coefficient (Wildman–Crippen LogP) is 1.83. The Labute approximate surface area is 89.5 Å². The van der Waals surface area contributed by atoms with Crippen LogP contribution < -0.4 is 11.3 Å². The van der Waals surface area contributed by atoms with E-state index in [2.05, 4.69) is 21.4 Å². The van der Waals surface area contributed by atoms with Gasteiger partial charge >= 0.3 is 5.97 Å². The number of rotatable bonds is 3. The molecule has 14 heavy (non-hydrogen) atoms. The number of aliphatic carboxylic acids is 1. The average Bonchev–Trinajstić information content (AvgIpc) is 2.15. The molecule has 0 amide bonds. The van der Waals surface area contributed by atoms with Crippen LogP contribution in [0.1, 0.15) is 5.56 Å². The van der Waals surface area contributed by atoms with Crippen molar-refractivity contribution in [3.05, 3.63) is 34.3 Å². The number of halogens is 1. The van der Waals surface area contributed by atoms with E-state index in [1.807, 2.05) is 0 Å². The van der Waals surface area contributed by atoms with E-state index in [-0.39, 0.29) is 0 Å². The van der Waals surface area contributed by atoms with Crippen LogP contribution in [0, 0.1) is 0 Å². The van der Waals surface area contributed by atoms with Crippen LogP contribution in [0.5, 0.6) is 0 Å². The number of hydrogen-bond acceptors (Lipinski definition) is 3. The molecule has 4 N–H and O–H groups in total. The molecule has 1 aromatic rings. The zero-order valence-corrected chi connectivity index (χ0v) is 8.78. The Balaban J connectivity index is 2.94. The summed E-state index contributed by atoms with van der Waals surface area (Å²) < 4.78 is 0.783. The first-order chi connectivity index (χ1) is 6.63. The van der Waals surface area contributed by atoms with Crippen LogP contribution in [0.25, 0.3) is 6.08 Å². The van der Waals surface area contributed by atoms with Crippen molar-refractivity contribution in [2.45, 2.75) is 0 Å². The van der Waals surface area contributed by atoms with Crippen molar-refractivity contribution in [1.29, 1.82) is 0 Å². The summed E-state index contributed by atoms with van der Waals surface area (Å²) >= 11 is 3.30. The maximum Gasteiger partial charge on any atom is 0.328 e. The third kappa shape index (κ3) is 2.86. The zero-order chi connectivity index (χ0) is 10.6. The second kappa shape index (κ2) is 4.78. The molecule has 0 aliphatic carbocycles. The Bertz CT molecular complexity index is 377. The number of anilines is 1. The zero-order valence-electron chi connectivity index (χ0n) is 7.20. The van der Waals surface area contributed by atoms with Gasteiger partial charge in [-0.3, -0.25) is 5.84 Å². The Morgan fingerprint density at radius 2 is 2.29 bits per heavy atom. The van der Waals surface area contributed by atoms with E-state index in [1.165, 1.54) is 6.08 Å². The van der Waals surface area contributed by atoms with Crippen LogP contribution in [0.3, 0.4) is 0 Å². The number of carboxylic acid groups (broad SMARTS) is 1. The molecule has 0 saturated heterocycles. The summed E-state index contributed by atoms with van der Waals surface area (Å²) in [5.41, 5.74) is 4.03. The number of nitrogens with two attached hydrogens (primary N) is 1. The molecule has 0 unspecified atom stereocenters. The molecular formula is C9H9BrN2O2. The molecule has 1 rings (SSSR count). The Morgan fingerprint density at radius 3 is 2.79 bits per heavy atom. The molecule has 0 fully saturated rings. The fourth-order valence-corrected chi connectivity index (χ4v) is 1.42. The molecule has 0 aliphatic heterocycles. The summed E-state index contributed by atoms with van der Waals surface area (Å²) in [5, 5.41) is 8.43. The topological polar surface area (TPSA) is 75.3 Å². The molecule has 0 bridgehead atoms. The van der Waals surface area contributed by atoms with Gasteiger partial charge in [-0.2, -0.15) is 0 Å². The van der Waals surface area contributed by atoms with Gasteiger partial charge in [-0.25, -0.2) is 4.79 Å². The molecule has 0 heterocycles. The summed E-state index contributed by atoms with van der Waals surface area (Å²) in [7, 11) is 0. The van der Waals surface area contributed by atoms with Crippen molar-refractivity contribution in [3.63, 3.8) is 0 Å². The number of hydrogen-bond donors (Lipinski definition) is 3. The average molecular weight is 257 g/mol. The highest BCUT2D eigenvalue weighted by atomic mass is 79.9. The van der Waals surface area contributed by atoms with Gasteiger partial charge in [0.05, 0.1) is 0 Å². The summed E-state index contributed by atoms with van der Waals surface area (Å²) in [4.78, 5) is 10.3. The van der Waals surface area contributed by atoms with Crippen LogP contribution in [-0.4, -0.2) is 11.1 Å². The number of carboxylic acids is 1. The second-order valence-electron chi connectivity index (χ2n) is 2.55. The molecule has 74 valence electrons. The van der Waals surface area contributed by atoms with Gasteiger partial charge in [-0.1, -0.05) is 22.0 Å². The van der Waals surface area contributed by atoms with Crippen molar-refractivity contribution < 1.29 is 9.90 Å². The Hall–Kier alpha value is -1.33. The first-order valence-electron chi connectivity index (χ1n) is 3.80. The smallest absolute Gasteiger partial charge is 0.328 e. The molecule has 0 radical (unpaired) electrons. The fraction of sp³-hybridized carbons (Fsp3) is 0. The molecule has 0 aromatic heterocycles. The predicted molar refractivity (Wildman–Crippen MR) is 58.6 cm³/mol. The second-order valence-corrected chi connectivity index (χ2v) is 3.41.